The van der Waals surface area contributed by atoms with Gasteiger partial charge in [-0.25, -0.2) is 8.42 Å². The molecule has 0 spiro atoms. The van der Waals surface area contributed by atoms with Crippen LogP contribution in [0.25, 0.3) is 0 Å². The summed E-state index contributed by atoms with van der Waals surface area (Å²) < 4.78 is 23.7. The third-order valence-corrected chi connectivity index (χ3v) is 6.01. The normalized spacial score (nSPS) is 22.5. The lowest BCUT2D eigenvalue weighted by molar-refractivity contribution is -0.134. The fourth-order valence-electron chi connectivity index (χ4n) is 3.64. The van der Waals surface area contributed by atoms with Crippen LogP contribution >= 0.6 is 0 Å². The van der Waals surface area contributed by atoms with Gasteiger partial charge in [0.2, 0.25) is 5.91 Å². The standard InChI is InChI=1S/C17H24N2O3S/c1-23(21,22)16-9-5-4-8-15(16)18-14-10-11-19(12-14)17(20)13-6-2-3-7-13/h4-5,8-9,13-14,18H,2-3,6-7,10-12H2,1H3. The van der Waals surface area contributed by atoms with Crippen molar-refractivity contribution in [2.24, 2.45) is 5.92 Å². The van der Waals surface area contributed by atoms with E-state index in [-0.39, 0.29) is 17.9 Å². The summed E-state index contributed by atoms with van der Waals surface area (Å²) in [5.41, 5.74) is 0.634. The molecule has 2 fully saturated rings. The number of sulfone groups is 1. The second-order valence-corrected chi connectivity index (χ2v) is 8.65. The first kappa shape index (κ1) is 16.3. The molecule has 1 unspecified atom stereocenters. The molecular formula is C17H24N2O3S. The molecule has 23 heavy (non-hydrogen) atoms. The van der Waals surface area contributed by atoms with Crippen molar-refractivity contribution in [3.8, 4) is 0 Å². The lowest BCUT2D eigenvalue weighted by Crippen LogP contribution is -2.35. The number of rotatable bonds is 4. The second-order valence-electron chi connectivity index (χ2n) is 6.66. The maximum atomic E-state index is 12.5. The van der Waals surface area contributed by atoms with E-state index in [1.807, 2.05) is 11.0 Å². The molecule has 1 amide bonds. The van der Waals surface area contributed by atoms with Gasteiger partial charge in [-0.05, 0) is 31.4 Å². The summed E-state index contributed by atoms with van der Waals surface area (Å²) in [5.74, 6) is 0.486. The number of hydrogen-bond donors (Lipinski definition) is 1. The van der Waals surface area contributed by atoms with Crippen LogP contribution < -0.4 is 5.32 Å². The van der Waals surface area contributed by atoms with E-state index in [1.54, 1.807) is 18.2 Å². The van der Waals surface area contributed by atoms with Crippen molar-refractivity contribution >= 4 is 21.4 Å². The topological polar surface area (TPSA) is 66.5 Å². The number of nitrogens with one attached hydrogen (secondary N) is 1. The molecular weight excluding hydrogens is 312 g/mol. The van der Waals surface area contributed by atoms with Gasteiger partial charge in [0, 0.05) is 31.3 Å². The van der Waals surface area contributed by atoms with Crippen molar-refractivity contribution in [1.29, 1.82) is 0 Å². The molecule has 2 aliphatic rings. The summed E-state index contributed by atoms with van der Waals surface area (Å²) in [6.45, 7) is 1.42. The summed E-state index contributed by atoms with van der Waals surface area (Å²) >= 11 is 0. The number of hydrogen-bond acceptors (Lipinski definition) is 4. The molecule has 6 heteroatoms. The highest BCUT2D eigenvalue weighted by Crippen LogP contribution is 2.29. The average Bonchev–Trinajstić information content (AvgIpc) is 3.17. The predicted molar refractivity (Wildman–Crippen MR) is 90.1 cm³/mol. The van der Waals surface area contributed by atoms with Crippen LogP contribution in [-0.2, 0) is 14.6 Å². The fourth-order valence-corrected chi connectivity index (χ4v) is 4.49. The highest BCUT2D eigenvalue weighted by molar-refractivity contribution is 7.90. The Hall–Kier alpha value is -1.56. The van der Waals surface area contributed by atoms with Crippen LogP contribution in [0.3, 0.4) is 0 Å². The molecule has 1 aliphatic carbocycles. The monoisotopic (exact) mass is 336 g/mol. The van der Waals surface area contributed by atoms with Crippen molar-refractivity contribution in [3.05, 3.63) is 24.3 Å². The molecule has 5 nitrogen and oxygen atoms in total. The largest absolute Gasteiger partial charge is 0.379 e. The number of likely N-dealkylation sites (tertiary alicyclic amines) is 1. The first-order valence-electron chi connectivity index (χ1n) is 8.29. The van der Waals surface area contributed by atoms with E-state index in [1.165, 1.54) is 6.26 Å². The third kappa shape index (κ3) is 3.68. The molecule has 0 bridgehead atoms. The number of amides is 1. The molecule has 1 aliphatic heterocycles. The molecule has 1 atom stereocenters. The van der Waals surface area contributed by atoms with Crippen molar-refractivity contribution in [3.63, 3.8) is 0 Å². The Morgan fingerprint density at radius 3 is 2.57 bits per heavy atom. The smallest absolute Gasteiger partial charge is 0.225 e. The fraction of sp³-hybridized carbons (Fsp3) is 0.588. The molecule has 1 heterocycles. The Morgan fingerprint density at radius 2 is 1.87 bits per heavy atom. The minimum Gasteiger partial charge on any atom is -0.379 e. The number of carbonyl (C=O) groups excluding carboxylic acids is 1. The number of nitrogens with zero attached hydrogens (tertiary/aromatic N) is 1. The Labute approximate surface area is 138 Å². The molecule has 126 valence electrons. The number of benzene rings is 1. The average molecular weight is 336 g/mol. The predicted octanol–water partition coefficient (Wildman–Crippen LogP) is 2.29. The summed E-state index contributed by atoms with van der Waals surface area (Å²) in [6.07, 6.45) is 6.44. The zero-order chi connectivity index (χ0) is 16.4. The molecule has 0 radical (unpaired) electrons. The maximum absolute atomic E-state index is 12.5. The van der Waals surface area contributed by atoms with Gasteiger partial charge in [-0.1, -0.05) is 25.0 Å². The quantitative estimate of drug-likeness (QED) is 0.916. The summed E-state index contributed by atoms with van der Waals surface area (Å²) in [4.78, 5) is 14.7. The van der Waals surface area contributed by atoms with E-state index in [4.69, 9.17) is 0 Å². The molecule has 1 saturated heterocycles. The number of para-hydroxylation sites is 1. The van der Waals surface area contributed by atoms with E-state index in [2.05, 4.69) is 5.32 Å². The van der Waals surface area contributed by atoms with Crippen LogP contribution in [0.1, 0.15) is 32.1 Å². The van der Waals surface area contributed by atoms with Crippen LogP contribution in [0.15, 0.2) is 29.2 Å². The van der Waals surface area contributed by atoms with Gasteiger partial charge in [0.25, 0.3) is 0 Å². The Bertz CT molecular complexity index is 681. The third-order valence-electron chi connectivity index (χ3n) is 4.85. The van der Waals surface area contributed by atoms with E-state index < -0.39 is 9.84 Å². The van der Waals surface area contributed by atoms with Crippen molar-refractivity contribution in [2.45, 2.75) is 43.0 Å². The van der Waals surface area contributed by atoms with E-state index in [0.717, 1.165) is 38.6 Å². The summed E-state index contributed by atoms with van der Waals surface area (Å²) in [6, 6.07) is 7.08. The highest BCUT2D eigenvalue weighted by atomic mass is 32.2. The zero-order valence-corrected chi connectivity index (χ0v) is 14.3. The van der Waals surface area contributed by atoms with E-state index in [0.29, 0.717) is 17.1 Å². The minimum absolute atomic E-state index is 0.114. The van der Waals surface area contributed by atoms with Crippen LogP contribution in [0.5, 0.6) is 0 Å². The van der Waals surface area contributed by atoms with Crippen LogP contribution in [-0.4, -0.2) is 44.6 Å². The first-order chi connectivity index (χ1) is 10.9. The molecule has 0 aromatic heterocycles. The Balaban J connectivity index is 1.66. The lowest BCUT2D eigenvalue weighted by atomic mass is 10.1. The van der Waals surface area contributed by atoms with Gasteiger partial charge in [-0.15, -0.1) is 0 Å². The van der Waals surface area contributed by atoms with Gasteiger partial charge in [0.15, 0.2) is 9.84 Å². The lowest BCUT2D eigenvalue weighted by Gasteiger charge is -2.21. The molecule has 1 N–H and O–H groups in total. The Morgan fingerprint density at radius 1 is 1.17 bits per heavy atom. The van der Waals surface area contributed by atoms with E-state index in [9.17, 15) is 13.2 Å². The highest BCUT2D eigenvalue weighted by Gasteiger charge is 2.32. The van der Waals surface area contributed by atoms with Crippen molar-refractivity contribution in [1.82, 2.24) is 4.90 Å². The van der Waals surface area contributed by atoms with Gasteiger partial charge in [-0.2, -0.15) is 0 Å². The van der Waals surface area contributed by atoms with Crippen molar-refractivity contribution in [2.75, 3.05) is 24.7 Å². The zero-order valence-electron chi connectivity index (χ0n) is 13.5. The van der Waals surface area contributed by atoms with Crippen LogP contribution in [0, 0.1) is 5.92 Å². The van der Waals surface area contributed by atoms with Crippen LogP contribution in [0.2, 0.25) is 0 Å². The van der Waals surface area contributed by atoms with Gasteiger partial charge in [0.05, 0.1) is 10.6 Å². The summed E-state index contributed by atoms with van der Waals surface area (Å²) in [7, 11) is -3.26. The maximum Gasteiger partial charge on any atom is 0.225 e. The summed E-state index contributed by atoms with van der Waals surface area (Å²) in [5, 5.41) is 3.32. The van der Waals surface area contributed by atoms with Crippen LogP contribution in [0.4, 0.5) is 5.69 Å². The van der Waals surface area contributed by atoms with E-state index >= 15 is 0 Å². The second kappa shape index (κ2) is 6.51. The molecule has 3 rings (SSSR count). The van der Waals surface area contributed by atoms with Crippen molar-refractivity contribution < 1.29 is 13.2 Å². The van der Waals surface area contributed by atoms with Gasteiger partial charge in [-0.3, -0.25) is 4.79 Å². The first-order valence-corrected chi connectivity index (χ1v) is 10.2. The minimum atomic E-state index is -3.26. The van der Waals surface area contributed by atoms with Gasteiger partial charge >= 0.3 is 0 Å². The number of anilines is 1. The Kier molecular flexibility index (Phi) is 4.62. The van der Waals surface area contributed by atoms with Gasteiger partial charge < -0.3 is 10.2 Å². The van der Waals surface area contributed by atoms with Gasteiger partial charge in [0.1, 0.15) is 0 Å². The SMILES string of the molecule is CS(=O)(=O)c1ccccc1NC1CCN(C(=O)C2CCCC2)C1. The number of carbonyl (C=O) groups is 1. The molecule has 1 aromatic carbocycles. The molecule has 1 saturated carbocycles. The molecule has 1 aromatic rings.